The van der Waals surface area contributed by atoms with Gasteiger partial charge in [-0.15, -0.1) is 0 Å². The van der Waals surface area contributed by atoms with Crippen molar-refractivity contribution < 1.29 is 9.47 Å². The minimum Gasteiger partial charge on any atom is -0.371 e. The van der Waals surface area contributed by atoms with E-state index in [1.54, 1.807) is 0 Å². The third-order valence-electron chi connectivity index (χ3n) is 3.10. The van der Waals surface area contributed by atoms with Crippen LogP contribution < -0.4 is 0 Å². The molecular weight excluding hydrogens is 256 g/mol. The Bertz CT molecular complexity index is 349. The fourth-order valence-electron chi connectivity index (χ4n) is 2.17. The summed E-state index contributed by atoms with van der Waals surface area (Å²) >= 11 is 3.42. The van der Waals surface area contributed by atoms with Gasteiger partial charge in [-0.3, -0.25) is 0 Å². The summed E-state index contributed by atoms with van der Waals surface area (Å²) in [5.41, 5.74) is 1.22. The summed E-state index contributed by atoms with van der Waals surface area (Å²) in [5, 5.41) is 0. The van der Waals surface area contributed by atoms with Gasteiger partial charge in [0, 0.05) is 4.47 Å². The zero-order valence-corrected chi connectivity index (χ0v) is 9.94. The van der Waals surface area contributed by atoms with Crippen LogP contribution in [-0.2, 0) is 16.1 Å². The molecular formula is C12H13BrO2. The molecule has 1 aliphatic heterocycles. The maximum absolute atomic E-state index is 5.84. The molecule has 0 radical (unpaired) electrons. The number of ether oxygens (including phenoxy) is 2. The molecule has 1 aliphatic carbocycles. The van der Waals surface area contributed by atoms with Crippen molar-refractivity contribution >= 4 is 15.9 Å². The second-order valence-electron chi connectivity index (χ2n) is 4.19. The summed E-state index contributed by atoms with van der Waals surface area (Å²) in [7, 11) is 0. The van der Waals surface area contributed by atoms with Crippen LogP contribution in [0.1, 0.15) is 18.4 Å². The quantitative estimate of drug-likeness (QED) is 0.787. The van der Waals surface area contributed by atoms with Gasteiger partial charge >= 0.3 is 0 Å². The van der Waals surface area contributed by atoms with Crippen molar-refractivity contribution in [3.63, 3.8) is 0 Å². The van der Waals surface area contributed by atoms with E-state index in [-0.39, 0.29) is 0 Å². The van der Waals surface area contributed by atoms with Gasteiger partial charge in [-0.2, -0.15) is 0 Å². The van der Waals surface area contributed by atoms with Crippen LogP contribution in [0.3, 0.4) is 0 Å². The summed E-state index contributed by atoms with van der Waals surface area (Å²) < 4.78 is 12.4. The smallest absolute Gasteiger partial charge is 0.110 e. The molecule has 0 N–H and O–H groups in total. The summed E-state index contributed by atoms with van der Waals surface area (Å²) in [5.74, 6) is 0. The third kappa shape index (κ3) is 2.10. The Morgan fingerprint density at radius 1 is 1.27 bits per heavy atom. The van der Waals surface area contributed by atoms with Crippen LogP contribution in [0.2, 0.25) is 0 Å². The number of fused-ring (bicyclic) bond motifs is 1. The van der Waals surface area contributed by atoms with Crippen LogP contribution in [0.25, 0.3) is 0 Å². The van der Waals surface area contributed by atoms with E-state index in [0.29, 0.717) is 24.9 Å². The second-order valence-corrected chi connectivity index (χ2v) is 5.11. The highest BCUT2D eigenvalue weighted by Crippen LogP contribution is 2.40. The molecule has 2 nitrogen and oxygen atoms in total. The molecule has 1 saturated carbocycles. The van der Waals surface area contributed by atoms with E-state index < -0.39 is 0 Å². The zero-order chi connectivity index (χ0) is 10.3. The molecule has 3 heteroatoms. The lowest BCUT2D eigenvalue weighted by molar-refractivity contribution is 0.0160. The first-order chi connectivity index (χ1) is 7.33. The summed E-state index contributed by atoms with van der Waals surface area (Å²) in [6, 6.07) is 8.27. The largest absolute Gasteiger partial charge is 0.371 e. The van der Waals surface area contributed by atoms with Crippen molar-refractivity contribution in [1.82, 2.24) is 0 Å². The van der Waals surface area contributed by atoms with E-state index in [1.807, 2.05) is 12.1 Å². The molecule has 1 aromatic rings. The monoisotopic (exact) mass is 268 g/mol. The molecule has 0 bridgehead atoms. The average Bonchev–Trinajstić information content (AvgIpc) is 2.93. The number of rotatable bonds is 3. The van der Waals surface area contributed by atoms with Crippen LogP contribution in [0, 0.1) is 0 Å². The topological polar surface area (TPSA) is 21.8 Å². The Morgan fingerprint density at radius 3 is 2.67 bits per heavy atom. The zero-order valence-electron chi connectivity index (χ0n) is 8.36. The lowest BCUT2D eigenvalue weighted by Gasteiger charge is -2.12. The molecule has 0 amide bonds. The molecule has 2 fully saturated rings. The number of hydrogen-bond donors (Lipinski definition) is 0. The van der Waals surface area contributed by atoms with Gasteiger partial charge in [0.2, 0.25) is 0 Å². The molecule has 3 atom stereocenters. The maximum Gasteiger partial charge on any atom is 0.110 e. The molecule has 0 aromatic heterocycles. The van der Waals surface area contributed by atoms with Crippen LogP contribution in [0.15, 0.2) is 28.7 Å². The molecule has 3 rings (SSSR count). The van der Waals surface area contributed by atoms with E-state index in [2.05, 4.69) is 28.1 Å². The molecule has 1 saturated heterocycles. The van der Waals surface area contributed by atoms with E-state index in [1.165, 1.54) is 12.0 Å². The van der Waals surface area contributed by atoms with Crippen molar-refractivity contribution in [3.05, 3.63) is 34.3 Å². The Kier molecular flexibility index (Phi) is 2.54. The fourth-order valence-corrected chi connectivity index (χ4v) is 2.44. The Balaban J connectivity index is 1.55. The highest BCUT2D eigenvalue weighted by atomic mass is 79.9. The normalized spacial score (nSPS) is 32.7. The number of epoxide rings is 1. The van der Waals surface area contributed by atoms with Crippen molar-refractivity contribution in [3.8, 4) is 0 Å². The van der Waals surface area contributed by atoms with Crippen molar-refractivity contribution in [2.24, 2.45) is 0 Å². The lowest BCUT2D eigenvalue weighted by Crippen LogP contribution is -2.15. The SMILES string of the molecule is Brc1ccc(CO[C@@H]2CC[C@H]3O[C@@H]23)cc1. The van der Waals surface area contributed by atoms with Crippen LogP contribution >= 0.6 is 15.9 Å². The van der Waals surface area contributed by atoms with Crippen molar-refractivity contribution in [2.75, 3.05) is 0 Å². The van der Waals surface area contributed by atoms with Gasteiger partial charge in [0.05, 0.1) is 18.8 Å². The standard InChI is InChI=1S/C12H13BrO2/c13-9-3-1-8(2-4-9)7-14-10-5-6-11-12(10)15-11/h1-4,10-12H,5-7H2/t10-,11-,12+/m1/s1. The average molecular weight is 269 g/mol. The predicted octanol–water partition coefficient (Wildman–Crippen LogP) is 2.90. The molecule has 15 heavy (non-hydrogen) atoms. The van der Waals surface area contributed by atoms with Crippen LogP contribution in [-0.4, -0.2) is 18.3 Å². The lowest BCUT2D eigenvalue weighted by atomic mass is 10.2. The summed E-state index contributed by atoms with van der Waals surface area (Å²) in [4.78, 5) is 0. The predicted molar refractivity (Wildman–Crippen MR) is 60.6 cm³/mol. The summed E-state index contributed by atoms with van der Waals surface area (Å²) in [6.07, 6.45) is 3.58. The Morgan fingerprint density at radius 2 is 2.07 bits per heavy atom. The Hall–Kier alpha value is -0.380. The first-order valence-electron chi connectivity index (χ1n) is 5.34. The minimum absolute atomic E-state index is 0.332. The van der Waals surface area contributed by atoms with Gasteiger partial charge < -0.3 is 9.47 Å². The first kappa shape index (κ1) is 9.82. The molecule has 1 aromatic carbocycles. The molecule has 80 valence electrons. The van der Waals surface area contributed by atoms with Gasteiger partial charge in [-0.1, -0.05) is 28.1 Å². The highest BCUT2D eigenvalue weighted by molar-refractivity contribution is 9.10. The van der Waals surface area contributed by atoms with Gasteiger partial charge in [-0.25, -0.2) is 0 Å². The van der Waals surface area contributed by atoms with E-state index in [9.17, 15) is 0 Å². The number of halogens is 1. The first-order valence-corrected chi connectivity index (χ1v) is 6.14. The van der Waals surface area contributed by atoms with Gasteiger partial charge in [0.15, 0.2) is 0 Å². The molecule has 0 unspecified atom stereocenters. The van der Waals surface area contributed by atoms with Gasteiger partial charge in [-0.05, 0) is 30.5 Å². The molecule has 1 heterocycles. The summed E-state index contributed by atoms with van der Waals surface area (Å²) in [6.45, 7) is 0.699. The maximum atomic E-state index is 5.84. The van der Waals surface area contributed by atoms with Crippen molar-refractivity contribution in [1.29, 1.82) is 0 Å². The van der Waals surface area contributed by atoms with E-state index in [0.717, 1.165) is 10.9 Å². The van der Waals surface area contributed by atoms with Crippen molar-refractivity contribution in [2.45, 2.75) is 37.8 Å². The third-order valence-corrected chi connectivity index (χ3v) is 3.63. The second kappa shape index (κ2) is 3.89. The fraction of sp³-hybridized carbons (Fsp3) is 0.500. The number of benzene rings is 1. The van der Waals surface area contributed by atoms with Gasteiger partial charge in [0.25, 0.3) is 0 Å². The number of hydrogen-bond acceptors (Lipinski definition) is 2. The highest BCUT2D eigenvalue weighted by Gasteiger charge is 2.50. The Labute approximate surface area is 97.7 Å². The molecule has 0 spiro atoms. The van der Waals surface area contributed by atoms with E-state index >= 15 is 0 Å². The minimum atomic E-state index is 0.332. The van der Waals surface area contributed by atoms with Crippen LogP contribution in [0.4, 0.5) is 0 Å². The molecule has 2 aliphatic rings. The van der Waals surface area contributed by atoms with Gasteiger partial charge in [0.1, 0.15) is 6.10 Å². The van der Waals surface area contributed by atoms with Crippen LogP contribution in [0.5, 0.6) is 0 Å². The van der Waals surface area contributed by atoms with E-state index in [4.69, 9.17) is 9.47 Å².